The Bertz CT molecular complexity index is 1180. The number of pyridine rings is 1. The molecule has 0 radical (unpaired) electrons. The summed E-state index contributed by atoms with van der Waals surface area (Å²) in [5.74, 6) is 0. The largest absolute Gasteiger partial charge is 1.00 e. The van der Waals surface area contributed by atoms with Crippen LogP contribution in [0.4, 0.5) is 5.00 Å². The van der Waals surface area contributed by atoms with Crippen molar-refractivity contribution in [2.24, 2.45) is 7.05 Å². The Morgan fingerprint density at radius 1 is 0.788 bits per heavy atom. The van der Waals surface area contributed by atoms with Gasteiger partial charge in [0.2, 0.25) is 11.2 Å². The van der Waals surface area contributed by atoms with Crippen molar-refractivity contribution >= 4 is 50.7 Å². The molecule has 0 aliphatic rings. The topological polar surface area (TPSA) is 7.12 Å². The molecule has 174 valence electrons. The van der Waals surface area contributed by atoms with Gasteiger partial charge in [0.05, 0.1) is 5.00 Å². The van der Waals surface area contributed by atoms with E-state index in [1.54, 1.807) is 0 Å². The molecule has 2 nitrogen and oxygen atoms in total. The number of nitrogens with zero attached hydrogens (tertiary/aromatic N) is 2. The highest BCUT2D eigenvalue weighted by Crippen LogP contribution is 2.38. The molecule has 33 heavy (non-hydrogen) atoms. The minimum atomic E-state index is 0. The lowest BCUT2D eigenvalue weighted by Crippen LogP contribution is -3.00. The Labute approximate surface area is 223 Å². The Kier molecular flexibility index (Phi) is 9.95. The Hall–Kier alpha value is -1.70. The van der Waals surface area contributed by atoms with E-state index in [0.717, 1.165) is 13.1 Å². The maximum Gasteiger partial charge on any atom is 0.212 e. The molecule has 0 N–H and O–H groups in total. The zero-order valence-electron chi connectivity index (χ0n) is 19.8. The second-order valence-corrected chi connectivity index (χ2v) is 10.4. The summed E-state index contributed by atoms with van der Waals surface area (Å²) in [6, 6.07) is 22.0. The van der Waals surface area contributed by atoms with Crippen LogP contribution in [-0.2, 0) is 7.05 Å². The highest BCUT2D eigenvalue weighted by Gasteiger charge is 2.12. The third kappa shape index (κ3) is 6.46. The summed E-state index contributed by atoms with van der Waals surface area (Å²) in [7, 11) is 2.14. The summed E-state index contributed by atoms with van der Waals surface area (Å²) in [6.07, 6.45) is 9.47. The maximum atomic E-state index is 2.58. The zero-order chi connectivity index (χ0) is 22.3. The molecule has 0 atom stereocenters. The molecule has 0 saturated heterocycles. The quantitative estimate of drug-likeness (QED) is 0.186. The first kappa shape index (κ1) is 25.9. The second kappa shape index (κ2) is 12.7. The highest BCUT2D eigenvalue weighted by atomic mass is 127. The first-order valence-corrected chi connectivity index (χ1v) is 13.3. The summed E-state index contributed by atoms with van der Waals surface area (Å²) in [6.45, 7) is 6.88. The van der Waals surface area contributed by atoms with Crippen molar-refractivity contribution in [2.75, 3.05) is 18.0 Å². The van der Waals surface area contributed by atoms with E-state index < -0.39 is 0 Å². The summed E-state index contributed by atoms with van der Waals surface area (Å²) >= 11 is 3.81. The van der Waals surface area contributed by atoms with Crippen molar-refractivity contribution in [3.05, 3.63) is 71.2 Å². The molecule has 3 aromatic heterocycles. The minimum absolute atomic E-state index is 0. The van der Waals surface area contributed by atoms with Crippen LogP contribution in [0.2, 0.25) is 0 Å². The van der Waals surface area contributed by atoms with Crippen LogP contribution in [0.25, 0.3) is 32.8 Å². The number of hydrogen-bond donors (Lipinski definition) is 0. The molecule has 3 heterocycles. The van der Waals surface area contributed by atoms with Gasteiger partial charge in [-0.1, -0.05) is 38.8 Å². The number of hydrogen-bond acceptors (Lipinski definition) is 3. The van der Waals surface area contributed by atoms with Crippen molar-refractivity contribution in [3.8, 4) is 9.75 Å². The van der Waals surface area contributed by atoms with E-state index >= 15 is 0 Å². The van der Waals surface area contributed by atoms with Gasteiger partial charge in [-0.25, -0.2) is 0 Å². The van der Waals surface area contributed by atoms with Gasteiger partial charge in [-0.3, -0.25) is 0 Å². The van der Waals surface area contributed by atoms with Crippen LogP contribution in [0, 0.1) is 0 Å². The van der Waals surface area contributed by atoms with Gasteiger partial charge in [0.1, 0.15) is 7.05 Å². The fourth-order valence-electron chi connectivity index (χ4n) is 3.93. The Morgan fingerprint density at radius 2 is 1.48 bits per heavy atom. The number of benzene rings is 1. The van der Waals surface area contributed by atoms with E-state index in [-0.39, 0.29) is 24.0 Å². The molecular weight excluding hydrogens is 555 g/mol. The third-order valence-electron chi connectivity index (χ3n) is 5.87. The van der Waals surface area contributed by atoms with Crippen molar-refractivity contribution in [2.45, 2.75) is 39.5 Å². The number of halogens is 1. The van der Waals surface area contributed by atoms with Crippen molar-refractivity contribution in [1.82, 2.24) is 0 Å². The van der Waals surface area contributed by atoms with E-state index in [2.05, 4.69) is 103 Å². The fourth-order valence-corrected chi connectivity index (χ4v) is 5.99. The second-order valence-electron chi connectivity index (χ2n) is 8.24. The third-order valence-corrected chi connectivity index (χ3v) is 8.27. The van der Waals surface area contributed by atoms with E-state index in [1.807, 2.05) is 22.7 Å². The normalized spacial score (nSPS) is 11.2. The molecule has 1 aromatic carbocycles. The van der Waals surface area contributed by atoms with Gasteiger partial charge in [-0.2, -0.15) is 4.57 Å². The summed E-state index contributed by atoms with van der Waals surface area (Å²) in [4.78, 5) is 6.60. The lowest BCUT2D eigenvalue weighted by molar-refractivity contribution is -0.646. The molecule has 0 fully saturated rings. The fraction of sp³-hybridized carbons (Fsp3) is 0.321. The number of anilines is 1. The molecule has 0 aliphatic heterocycles. The molecule has 0 spiro atoms. The van der Waals surface area contributed by atoms with E-state index in [0.29, 0.717) is 0 Å². The van der Waals surface area contributed by atoms with E-state index in [9.17, 15) is 0 Å². The van der Waals surface area contributed by atoms with Crippen LogP contribution >= 0.6 is 22.7 Å². The minimum Gasteiger partial charge on any atom is -1.00 e. The maximum absolute atomic E-state index is 2.58. The molecule has 0 unspecified atom stereocenters. The van der Waals surface area contributed by atoms with Crippen LogP contribution in [0.1, 0.15) is 50.1 Å². The lowest BCUT2D eigenvalue weighted by atomic mass is 10.2. The van der Waals surface area contributed by atoms with E-state index in [1.165, 1.54) is 61.9 Å². The lowest BCUT2D eigenvalue weighted by Gasteiger charge is -2.22. The number of fused-ring (bicyclic) bond motifs is 1. The van der Waals surface area contributed by atoms with Crippen molar-refractivity contribution in [1.29, 1.82) is 0 Å². The average molecular weight is 589 g/mol. The number of thiophene rings is 2. The van der Waals surface area contributed by atoms with Gasteiger partial charge in [0.25, 0.3) is 0 Å². The van der Waals surface area contributed by atoms with Gasteiger partial charge in [-0.15, -0.1) is 22.7 Å². The smallest absolute Gasteiger partial charge is 0.212 e. The molecule has 4 aromatic rings. The molecule has 0 saturated carbocycles. The van der Waals surface area contributed by atoms with Gasteiger partial charge < -0.3 is 28.9 Å². The number of rotatable bonds is 10. The predicted molar refractivity (Wildman–Crippen MR) is 144 cm³/mol. The molecule has 0 bridgehead atoms. The first-order valence-electron chi connectivity index (χ1n) is 11.7. The summed E-state index contributed by atoms with van der Waals surface area (Å²) in [5, 5.41) is 2.68. The van der Waals surface area contributed by atoms with Gasteiger partial charge in [0.15, 0.2) is 0 Å². The van der Waals surface area contributed by atoms with Crippen molar-refractivity contribution < 1.29 is 28.5 Å². The van der Waals surface area contributed by atoms with E-state index in [4.69, 9.17) is 0 Å². The van der Waals surface area contributed by atoms with Crippen molar-refractivity contribution in [3.63, 3.8) is 0 Å². The number of aromatic nitrogens is 1. The summed E-state index contributed by atoms with van der Waals surface area (Å²) in [5.41, 5.74) is 2.46. The van der Waals surface area contributed by atoms with Crippen LogP contribution in [-0.4, -0.2) is 13.1 Å². The van der Waals surface area contributed by atoms with Gasteiger partial charge in [0, 0.05) is 51.3 Å². The van der Waals surface area contributed by atoms with Gasteiger partial charge in [-0.05, 0) is 55.3 Å². The monoisotopic (exact) mass is 588 g/mol. The molecule has 4 rings (SSSR count). The van der Waals surface area contributed by atoms with Gasteiger partial charge >= 0.3 is 0 Å². The molecule has 5 heteroatoms. The molecule has 0 amide bonds. The Balaban J connectivity index is 0.00000306. The van der Waals surface area contributed by atoms with Crippen LogP contribution in [0.15, 0.2) is 60.7 Å². The average Bonchev–Trinajstić information content (AvgIpc) is 3.49. The molecule has 0 aliphatic carbocycles. The number of para-hydroxylation sites is 1. The Morgan fingerprint density at radius 3 is 2.24 bits per heavy atom. The first-order chi connectivity index (χ1) is 15.7. The summed E-state index contributed by atoms with van der Waals surface area (Å²) < 4.78 is 2.26. The van der Waals surface area contributed by atoms with Crippen LogP contribution in [0.3, 0.4) is 0 Å². The number of unbranched alkanes of at least 4 members (excludes halogenated alkanes) is 2. The number of aryl methyl sites for hydroxylation is 1. The molecular formula is C28H33IN2S2. The van der Waals surface area contributed by atoms with Crippen LogP contribution < -0.4 is 33.4 Å². The SMILES string of the molecule is CCCCN(CCCC)c1ccc(-c2ccc(/C=C/c3ccc4ccccc4[n+]3C)s2)s1.[I-]. The zero-order valence-corrected chi connectivity index (χ0v) is 23.6. The van der Waals surface area contributed by atoms with Crippen LogP contribution in [0.5, 0.6) is 0 Å². The predicted octanol–water partition coefficient (Wildman–Crippen LogP) is 5.04. The highest BCUT2D eigenvalue weighted by molar-refractivity contribution is 7.24. The standard InChI is InChI=1S/C28H33N2S2.HI/c1-4-6-20-30(21-7-5-2)28-19-18-27(32-28)26-17-16-24(31-26)15-14-23-13-12-22-10-8-9-11-25(22)29(23)3;/h8-19H,4-7,20-21H2,1-3H3;1H/q+1;/p-1.